The normalized spacial score (nSPS) is 16.7. The number of pyridine rings is 1. The van der Waals surface area contributed by atoms with E-state index in [1.165, 1.54) is 6.20 Å². The van der Waals surface area contributed by atoms with Crippen LogP contribution in [0.15, 0.2) is 58.1 Å². The minimum atomic E-state index is -1.32. The number of aryl methyl sites for hydroxylation is 1. The molecule has 1 atom stereocenters. The van der Waals surface area contributed by atoms with E-state index in [0.717, 1.165) is 22.6 Å². The number of rotatable bonds is 4. The Balaban J connectivity index is 1.56. The highest BCUT2D eigenvalue weighted by Crippen LogP contribution is 2.32. The van der Waals surface area contributed by atoms with Crippen molar-refractivity contribution >= 4 is 33.3 Å². The van der Waals surface area contributed by atoms with Gasteiger partial charge in [0.05, 0.1) is 23.5 Å². The van der Waals surface area contributed by atoms with E-state index in [0.29, 0.717) is 37.4 Å². The number of carboxylic acid groups (broad SMARTS) is 1. The average Bonchev–Trinajstić information content (AvgIpc) is 3.23. The van der Waals surface area contributed by atoms with Gasteiger partial charge in [0, 0.05) is 48.5 Å². The zero-order chi connectivity index (χ0) is 22.4. The predicted molar refractivity (Wildman–Crippen MR) is 120 cm³/mol. The van der Waals surface area contributed by atoms with Crippen molar-refractivity contribution in [2.24, 2.45) is 0 Å². The summed E-state index contributed by atoms with van der Waals surface area (Å²) >= 11 is 0. The average molecular weight is 435 g/mol. The highest BCUT2D eigenvalue weighted by Gasteiger charge is 2.27. The van der Waals surface area contributed by atoms with Crippen molar-refractivity contribution in [2.45, 2.75) is 19.5 Å². The first-order valence-corrected chi connectivity index (χ1v) is 10.5. The molecule has 3 heterocycles. The highest BCUT2D eigenvalue weighted by atomic mass is 19.1. The molecule has 7 nitrogen and oxygen atoms in total. The molecule has 1 aliphatic rings. The molecule has 2 N–H and O–H groups in total. The van der Waals surface area contributed by atoms with Crippen molar-refractivity contribution in [2.75, 3.05) is 24.5 Å². The van der Waals surface area contributed by atoms with Crippen LogP contribution in [-0.2, 0) is 6.54 Å². The van der Waals surface area contributed by atoms with Gasteiger partial charge in [-0.25, -0.2) is 9.18 Å². The van der Waals surface area contributed by atoms with E-state index in [1.54, 1.807) is 16.9 Å². The highest BCUT2D eigenvalue weighted by molar-refractivity contribution is 5.93. The molecule has 1 fully saturated rings. The predicted octanol–water partition coefficient (Wildman–Crippen LogP) is 3.76. The van der Waals surface area contributed by atoms with E-state index in [2.05, 4.69) is 5.32 Å². The number of halogens is 1. The second-order valence-electron chi connectivity index (χ2n) is 7.92. The number of benzene rings is 2. The number of furan rings is 1. The molecule has 0 amide bonds. The van der Waals surface area contributed by atoms with Gasteiger partial charge in [-0.15, -0.1) is 0 Å². The van der Waals surface area contributed by atoms with E-state index in [9.17, 15) is 14.7 Å². The molecule has 5 rings (SSSR count). The number of hydrogen-bond donors (Lipinski definition) is 2. The van der Waals surface area contributed by atoms with Crippen LogP contribution in [0.5, 0.6) is 0 Å². The van der Waals surface area contributed by atoms with Gasteiger partial charge in [-0.3, -0.25) is 4.79 Å². The van der Waals surface area contributed by atoms with E-state index in [1.807, 2.05) is 36.1 Å². The lowest BCUT2D eigenvalue weighted by atomic mass is 10.1. The minimum Gasteiger partial charge on any atom is -0.477 e. The lowest BCUT2D eigenvalue weighted by Crippen LogP contribution is -2.46. The number of carboxylic acids is 1. The third kappa shape index (κ3) is 3.23. The van der Waals surface area contributed by atoms with Gasteiger partial charge < -0.3 is 24.3 Å². The Bertz CT molecular complexity index is 1410. The molecule has 1 unspecified atom stereocenters. The zero-order valence-electron chi connectivity index (χ0n) is 17.5. The second kappa shape index (κ2) is 7.80. The number of carbonyl (C=O) groups is 1. The molecule has 0 aliphatic carbocycles. The Labute approximate surface area is 182 Å². The number of nitrogens with zero attached hydrogens (tertiary/aromatic N) is 2. The van der Waals surface area contributed by atoms with Crippen LogP contribution in [0.2, 0.25) is 0 Å². The quantitative estimate of drug-likeness (QED) is 0.508. The maximum atomic E-state index is 15.2. The summed E-state index contributed by atoms with van der Waals surface area (Å²) in [6.45, 7) is 4.01. The first-order valence-electron chi connectivity index (χ1n) is 10.5. The molecule has 2 aromatic heterocycles. The second-order valence-corrected chi connectivity index (χ2v) is 7.92. The molecule has 8 heteroatoms. The van der Waals surface area contributed by atoms with E-state index >= 15 is 4.39 Å². The molecule has 32 heavy (non-hydrogen) atoms. The molecular weight excluding hydrogens is 413 g/mol. The first kappa shape index (κ1) is 20.3. The van der Waals surface area contributed by atoms with Gasteiger partial charge in [0.15, 0.2) is 0 Å². The molecule has 0 radical (unpaired) electrons. The SMILES string of the molecule is CCn1cc(C(=O)O)c(=O)c2cc(F)c(N3CCNC(c4occ5ccccc45)C3)cc21. The minimum absolute atomic E-state index is 0.0664. The van der Waals surface area contributed by atoms with Crippen molar-refractivity contribution in [1.29, 1.82) is 0 Å². The van der Waals surface area contributed by atoms with Crippen LogP contribution in [0.25, 0.3) is 21.7 Å². The van der Waals surface area contributed by atoms with Crippen LogP contribution in [0.3, 0.4) is 0 Å². The van der Waals surface area contributed by atoms with Gasteiger partial charge in [-0.05, 0) is 19.1 Å². The number of hydrogen-bond acceptors (Lipinski definition) is 5. The van der Waals surface area contributed by atoms with Crippen LogP contribution in [0.4, 0.5) is 10.1 Å². The maximum absolute atomic E-state index is 15.2. The fourth-order valence-electron chi connectivity index (χ4n) is 4.48. The summed E-state index contributed by atoms with van der Waals surface area (Å²) < 4.78 is 22.7. The third-order valence-electron chi connectivity index (χ3n) is 6.09. The molecule has 4 aromatic rings. The number of piperazine rings is 1. The molecule has 0 bridgehead atoms. The van der Waals surface area contributed by atoms with E-state index in [4.69, 9.17) is 4.42 Å². The third-order valence-corrected chi connectivity index (χ3v) is 6.09. The summed E-state index contributed by atoms with van der Waals surface area (Å²) in [6.07, 6.45) is 3.05. The summed E-state index contributed by atoms with van der Waals surface area (Å²) in [5.74, 6) is -1.06. The van der Waals surface area contributed by atoms with Crippen LogP contribution < -0.4 is 15.6 Å². The number of aromatic nitrogens is 1. The largest absolute Gasteiger partial charge is 0.477 e. The van der Waals surface area contributed by atoms with Gasteiger partial charge in [0.2, 0.25) is 5.43 Å². The Morgan fingerprint density at radius 2 is 2.09 bits per heavy atom. The summed E-state index contributed by atoms with van der Waals surface area (Å²) in [6, 6.07) is 10.6. The number of anilines is 1. The summed E-state index contributed by atoms with van der Waals surface area (Å²) in [4.78, 5) is 26.0. The first-order chi connectivity index (χ1) is 15.5. The van der Waals surface area contributed by atoms with Crippen LogP contribution in [0.1, 0.15) is 29.1 Å². The van der Waals surface area contributed by atoms with Crippen molar-refractivity contribution in [1.82, 2.24) is 9.88 Å². The van der Waals surface area contributed by atoms with Crippen molar-refractivity contribution in [3.63, 3.8) is 0 Å². The summed E-state index contributed by atoms with van der Waals surface area (Å²) in [5, 5.41) is 14.9. The van der Waals surface area contributed by atoms with Gasteiger partial charge in [0.25, 0.3) is 0 Å². The van der Waals surface area contributed by atoms with Gasteiger partial charge >= 0.3 is 5.97 Å². The Morgan fingerprint density at radius 3 is 2.88 bits per heavy atom. The van der Waals surface area contributed by atoms with Crippen molar-refractivity contribution in [3.05, 3.63) is 76.2 Å². The van der Waals surface area contributed by atoms with E-state index in [-0.39, 0.29) is 17.0 Å². The lowest BCUT2D eigenvalue weighted by molar-refractivity contribution is 0.0695. The monoisotopic (exact) mass is 435 g/mol. The smallest absolute Gasteiger partial charge is 0.341 e. The van der Waals surface area contributed by atoms with Crippen LogP contribution >= 0.6 is 0 Å². The summed E-state index contributed by atoms with van der Waals surface area (Å²) in [7, 11) is 0. The Hall–Kier alpha value is -3.65. The Morgan fingerprint density at radius 1 is 1.28 bits per heavy atom. The van der Waals surface area contributed by atoms with Crippen molar-refractivity contribution < 1.29 is 18.7 Å². The van der Waals surface area contributed by atoms with Crippen LogP contribution in [0, 0.1) is 5.82 Å². The molecule has 0 spiro atoms. The maximum Gasteiger partial charge on any atom is 0.341 e. The van der Waals surface area contributed by atoms with Crippen molar-refractivity contribution in [3.8, 4) is 0 Å². The number of nitrogens with one attached hydrogen (secondary N) is 1. The van der Waals surface area contributed by atoms with Gasteiger partial charge in [0.1, 0.15) is 17.1 Å². The van der Waals surface area contributed by atoms with Gasteiger partial charge in [-0.1, -0.05) is 24.3 Å². The number of aromatic carboxylic acids is 1. The van der Waals surface area contributed by atoms with Gasteiger partial charge in [-0.2, -0.15) is 0 Å². The standard InChI is InChI=1S/C24H22FN3O4/c1-2-27-11-17(24(30)31)22(29)16-9-18(25)21(10-20(16)27)28-8-7-26-19(12-28)23-15-6-4-3-5-14(15)13-32-23/h3-6,9-11,13,19,26H,2,7-8,12H2,1H3,(H,30,31). The number of fused-ring (bicyclic) bond motifs is 2. The molecule has 1 saturated heterocycles. The topological polar surface area (TPSA) is 87.7 Å². The lowest BCUT2D eigenvalue weighted by Gasteiger charge is -2.35. The zero-order valence-corrected chi connectivity index (χ0v) is 17.5. The molecule has 164 valence electrons. The molecule has 1 aliphatic heterocycles. The fourth-order valence-corrected chi connectivity index (χ4v) is 4.48. The molecular formula is C24H22FN3O4. The van der Waals surface area contributed by atoms with Crippen LogP contribution in [-0.4, -0.2) is 35.3 Å². The fraction of sp³-hybridized carbons (Fsp3) is 0.250. The molecule has 0 saturated carbocycles. The summed E-state index contributed by atoms with van der Waals surface area (Å²) in [5.41, 5.74) is -0.150. The van der Waals surface area contributed by atoms with E-state index < -0.39 is 17.2 Å². The molecule has 2 aromatic carbocycles. The Kier molecular flexibility index (Phi) is 4.94.